The number of rotatable bonds is 8. The van der Waals surface area contributed by atoms with Crippen LogP contribution in [0, 0.1) is 5.41 Å². The summed E-state index contributed by atoms with van der Waals surface area (Å²) in [5.41, 5.74) is -8.92. The number of allylic oxidation sites excluding steroid dienone is 1. The number of carboxylic acid groups (broad SMARTS) is 5. The summed E-state index contributed by atoms with van der Waals surface area (Å²) in [6, 6.07) is 0. The summed E-state index contributed by atoms with van der Waals surface area (Å²) in [7, 11) is 0. The van der Waals surface area contributed by atoms with Crippen molar-refractivity contribution in [2.75, 3.05) is 0 Å². The largest absolute Gasteiger partial charge is 0.478 e. The van der Waals surface area contributed by atoms with Crippen molar-refractivity contribution in [1.82, 2.24) is 0 Å². The van der Waals surface area contributed by atoms with Crippen molar-refractivity contribution in [3.05, 3.63) is 45.7 Å². The first-order valence-corrected chi connectivity index (χ1v) is 6.91. The lowest BCUT2D eigenvalue weighted by Gasteiger charge is -2.17. The number of hydrogen-bond donors (Lipinski definition) is 6. The minimum Gasteiger partial charge on any atom is -0.478 e. The summed E-state index contributed by atoms with van der Waals surface area (Å²) in [5, 5.41) is 54.2. The van der Waals surface area contributed by atoms with Gasteiger partial charge in [0.25, 0.3) is 5.90 Å². The first kappa shape index (κ1) is 21.6. The Labute approximate surface area is 154 Å². The van der Waals surface area contributed by atoms with E-state index in [1.165, 1.54) is 13.0 Å². The average Bonchev–Trinajstić information content (AvgIpc) is 2.58. The van der Waals surface area contributed by atoms with Crippen LogP contribution in [0.4, 0.5) is 0 Å². The third kappa shape index (κ3) is 3.87. The predicted molar refractivity (Wildman–Crippen MR) is 85.1 cm³/mol. The van der Waals surface area contributed by atoms with Gasteiger partial charge >= 0.3 is 29.8 Å². The van der Waals surface area contributed by atoms with Gasteiger partial charge in [0.05, 0.1) is 33.4 Å². The van der Waals surface area contributed by atoms with E-state index in [1.54, 1.807) is 0 Å². The highest BCUT2D eigenvalue weighted by Gasteiger charge is 2.40. The van der Waals surface area contributed by atoms with Gasteiger partial charge in [0.1, 0.15) is 6.26 Å². The molecule has 0 aliphatic carbocycles. The van der Waals surface area contributed by atoms with Gasteiger partial charge in [-0.2, -0.15) is 0 Å². The van der Waals surface area contributed by atoms with Crippen LogP contribution in [0.3, 0.4) is 0 Å². The lowest BCUT2D eigenvalue weighted by molar-refractivity contribution is -0.165. The number of carboxylic acids is 5. The molecule has 0 saturated carbocycles. The van der Waals surface area contributed by atoms with E-state index in [-0.39, 0.29) is 0 Å². The highest BCUT2D eigenvalue weighted by atomic mass is 17.2. The van der Waals surface area contributed by atoms with Gasteiger partial charge in [-0.15, -0.1) is 0 Å². The molecule has 1 aromatic carbocycles. The number of nitrogens with one attached hydrogen (secondary N) is 1. The van der Waals surface area contributed by atoms with Crippen molar-refractivity contribution in [2.45, 2.75) is 6.92 Å². The molecule has 0 bridgehead atoms. The molecule has 0 radical (unpaired) electrons. The monoisotopic (exact) mass is 397 g/mol. The first-order chi connectivity index (χ1) is 13.0. The quantitative estimate of drug-likeness (QED) is 0.118. The van der Waals surface area contributed by atoms with Crippen molar-refractivity contribution >= 4 is 35.7 Å². The lowest BCUT2D eigenvalue weighted by Crippen LogP contribution is -2.28. The van der Waals surface area contributed by atoms with Crippen LogP contribution in [0.1, 0.15) is 64.3 Å². The summed E-state index contributed by atoms with van der Waals surface area (Å²) in [5.74, 6) is -12.2. The van der Waals surface area contributed by atoms with E-state index >= 15 is 0 Å². The molecule has 0 aliphatic heterocycles. The Balaban J connectivity index is 4.27. The molecule has 13 nitrogen and oxygen atoms in total. The second-order valence-corrected chi connectivity index (χ2v) is 4.75. The molecule has 148 valence electrons. The number of benzene rings is 1. The molecule has 0 unspecified atom stereocenters. The van der Waals surface area contributed by atoms with Gasteiger partial charge in [0.2, 0.25) is 0 Å². The van der Waals surface area contributed by atoms with E-state index in [9.17, 15) is 49.5 Å². The maximum Gasteiger partial charge on any atom is 0.337 e. The van der Waals surface area contributed by atoms with Crippen LogP contribution in [0.2, 0.25) is 0 Å². The number of hydrogen-bond acceptors (Lipinski definition) is 8. The molecular formula is C15H11NO12. The summed E-state index contributed by atoms with van der Waals surface area (Å²) in [4.78, 5) is 66.4. The molecule has 0 atom stereocenters. The van der Waals surface area contributed by atoms with E-state index in [1.807, 2.05) is 0 Å². The van der Waals surface area contributed by atoms with Crippen molar-refractivity contribution in [2.24, 2.45) is 0 Å². The standard InChI is InChI=1S/C15H11NO12/c1-2-3-27-28-10(16)4-5(11(17)18)7(13(21)22)9(15(25)26)8(14(23)24)6(4)12(19)20/h2-3,16H,1H3,(H,17,18)(H,19,20)(H,21,22)(H,23,24)(H,25,26). The maximum atomic E-state index is 11.6. The summed E-state index contributed by atoms with van der Waals surface area (Å²) in [6.45, 7) is 1.45. The smallest absolute Gasteiger partial charge is 0.337 e. The van der Waals surface area contributed by atoms with E-state index in [4.69, 9.17) is 5.41 Å². The fourth-order valence-corrected chi connectivity index (χ4v) is 2.22. The van der Waals surface area contributed by atoms with E-state index in [0.717, 1.165) is 6.26 Å². The van der Waals surface area contributed by atoms with Crippen molar-refractivity contribution in [3.63, 3.8) is 0 Å². The van der Waals surface area contributed by atoms with E-state index in [0.29, 0.717) is 0 Å². The molecule has 0 amide bonds. The third-order valence-corrected chi connectivity index (χ3v) is 3.12. The van der Waals surface area contributed by atoms with Gasteiger partial charge in [-0.3, -0.25) is 15.2 Å². The Morgan fingerprint density at radius 1 is 0.679 bits per heavy atom. The highest BCUT2D eigenvalue weighted by molar-refractivity contribution is 6.23. The topological polar surface area (TPSA) is 229 Å². The van der Waals surface area contributed by atoms with Crippen LogP contribution >= 0.6 is 0 Å². The maximum absolute atomic E-state index is 11.6. The Hall–Kier alpha value is -4.42. The third-order valence-electron chi connectivity index (χ3n) is 3.12. The zero-order chi connectivity index (χ0) is 21.8. The molecule has 1 rings (SSSR count). The van der Waals surface area contributed by atoms with E-state index in [2.05, 4.69) is 9.78 Å². The molecule has 13 heteroatoms. The Kier molecular flexibility index (Phi) is 6.41. The predicted octanol–water partition coefficient (Wildman–Crippen LogP) is 0.985. The minimum absolute atomic E-state index is 0.844. The van der Waals surface area contributed by atoms with Crippen molar-refractivity contribution in [1.29, 1.82) is 5.41 Å². The van der Waals surface area contributed by atoms with Gasteiger partial charge in [-0.05, 0) is 13.0 Å². The fourth-order valence-electron chi connectivity index (χ4n) is 2.22. The lowest BCUT2D eigenvalue weighted by atomic mass is 9.85. The normalized spacial score (nSPS) is 10.3. The molecule has 28 heavy (non-hydrogen) atoms. The van der Waals surface area contributed by atoms with Crippen LogP contribution in [0.5, 0.6) is 0 Å². The Morgan fingerprint density at radius 2 is 0.964 bits per heavy atom. The second kappa shape index (κ2) is 8.31. The first-order valence-electron chi connectivity index (χ1n) is 6.91. The minimum atomic E-state index is -2.20. The van der Waals surface area contributed by atoms with Crippen molar-refractivity contribution in [3.8, 4) is 0 Å². The van der Waals surface area contributed by atoms with Gasteiger partial charge in [0, 0.05) is 0 Å². The summed E-state index contributed by atoms with van der Waals surface area (Å²) < 4.78 is 0. The Morgan fingerprint density at radius 3 is 1.21 bits per heavy atom. The van der Waals surface area contributed by atoms with Crippen LogP contribution in [-0.2, 0) is 9.78 Å². The van der Waals surface area contributed by atoms with Crippen molar-refractivity contribution < 1.29 is 59.3 Å². The molecule has 1 aromatic rings. The zero-order valence-corrected chi connectivity index (χ0v) is 13.7. The van der Waals surface area contributed by atoms with Crippen LogP contribution < -0.4 is 0 Å². The highest BCUT2D eigenvalue weighted by Crippen LogP contribution is 2.30. The second-order valence-electron chi connectivity index (χ2n) is 4.75. The molecule has 6 N–H and O–H groups in total. The number of carbonyl (C=O) groups is 5. The SMILES string of the molecule is CC=COOC(=N)c1c(C(=O)O)c(C(=O)O)c(C(=O)O)c(C(=O)O)c1C(=O)O. The molecule has 0 fully saturated rings. The van der Waals surface area contributed by atoms with Gasteiger partial charge < -0.3 is 25.5 Å². The summed E-state index contributed by atoms with van der Waals surface area (Å²) in [6.07, 6.45) is 2.10. The van der Waals surface area contributed by atoms with Gasteiger partial charge in [-0.1, -0.05) is 0 Å². The fraction of sp³-hybridized carbons (Fsp3) is 0.0667. The average molecular weight is 397 g/mol. The van der Waals surface area contributed by atoms with Crippen LogP contribution in [-0.4, -0.2) is 61.3 Å². The molecule has 0 saturated heterocycles. The molecule has 0 aliphatic rings. The van der Waals surface area contributed by atoms with Crippen LogP contribution in [0.15, 0.2) is 12.3 Å². The summed E-state index contributed by atoms with van der Waals surface area (Å²) >= 11 is 0. The Bertz CT molecular complexity index is 890. The molecule has 0 aromatic heterocycles. The molecule has 0 heterocycles. The van der Waals surface area contributed by atoms with Gasteiger partial charge in [0.15, 0.2) is 0 Å². The van der Waals surface area contributed by atoms with E-state index < -0.39 is 69.1 Å². The number of aromatic carboxylic acids is 5. The van der Waals surface area contributed by atoms with Gasteiger partial charge in [-0.25, -0.2) is 24.0 Å². The van der Waals surface area contributed by atoms with Crippen LogP contribution in [0.25, 0.3) is 0 Å². The zero-order valence-electron chi connectivity index (χ0n) is 13.7. The molecule has 0 spiro atoms. The molecular weight excluding hydrogens is 386 g/mol.